The van der Waals surface area contributed by atoms with E-state index in [2.05, 4.69) is 0 Å². The van der Waals surface area contributed by atoms with Gasteiger partial charge in [-0.05, 0) is 52.6 Å². The number of halogens is 1. The average Bonchev–Trinajstić information content (AvgIpc) is 2.74. The van der Waals surface area contributed by atoms with Crippen molar-refractivity contribution < 1.29 is 9.50 Å². The van der Waals surface area contributed by atoms with Crippen molar-refractivity contribution in [3.8, 4) is 0 Å². The van der Waals surface area contributed by atoms with E-state index >= 15 is 0 Å². The van der Waals surface area contributed by atoms with Gasteiger partial charge in [0.25, 0.3) is 0 Å². The minimum absolute atomic E-state index is 0.315. The van der Waals surface area contributed by atoms with Crippen LogP contribution in [0.25, 0.3) is 0 Å². The maximum atomic E-state index is 13.0. The van der Waals surface area contributed by atoms with Crippen LogP contribution < -0.4 is 0 Å². The summed E-state index contributed by atoms with van der Waals surface area (Å²) in [5, 5.41) is 13.8. The van der Waals surface area contributed by atoms with Crippen molar-refractivity contribution in [2.45, 2.75) is 13.0 Å². The summed E-state index contributed by atoms with van der Waals surface area (Å²) in [4.78, 5) is 0. The zero-order valence-corrected chi connectivity index (χ0v) is 9.09. The van der Waals surface area contributed by atoms with Gasteiger partial charge in [-0.25, -0.2) is 4.39 Å². The molecule has 0 saturated heterocycles. The maximum Gasteiger partial charge on any atom is 0.123 e. The van der Waals surface area contributed by atoms with Gasteiger partial charge in [0.05, 0.1) is 0 Å². The molecule has 0 spiro atoms. The molecular formula is C12H11FOS. The summed E-state index contributed by atoms with van der Waals surface area (Å²) < 4.78 is 13.0. The molecular weight excluding hydrogens is 211 g/mol. The van der Waals surface area contributed by atoms with E-state index in [1.54, 1.807) is 6.07 Å². The maximum absolute atomic E-state index is 13.0. The molecule has 2 aromatic rings. The van der Waals surface area contributed by atoms with Crippen LogP contribution in [-0.2, 0) is 0 Å². The van der Waals surface area contributed by atoms with Gasteiger partial charge in [-0.2, -0.15) is 11.3 Å². The first-order valence-electron chi connectivity index (χ1n) is 4.64. The first-order valence-corrected chi connectivity index (χ1v) is 5.59. The molecule has 1 N–H and O–H groups in total. The Labute approximate surface area is 91.8 Å². The lowest BCUT2D eigenvalue weighted by Crippen LogP contribution is -2.01. The number of hydrogen-bond acceptors (Lipinski definition) is 2. The second kappa shape index (κ2) is 4.13. The van der Waals surface area contributed by atoms with E-state index in [1.165, 1.54) is 23.5 Å². The van der Waals surface area contributed by atoms with Crippen LogP contribution in [0, 0.1) is 12.7 Å². The lowest BCUT2D eigenvalue weighted by molar-refractivity contribution is 0.219. The van der Waals surface area contributed by atoms with Gasteiger partial charge in [-0.3, -0.25) is 0 Å². The van der Waals surface area contributed by atoms with Gasteiger partial charge in [0.15, 0.2) is 0 Å². The van der Waals surface area contributed by atoms with Crippen molar-refractivity contribution in [1.29, 1.82) is 0 Å². The number of aliphatic hydroxyl groups excluding tert-OH is 1. The number of rotatable bonds is 2. The van der Waals surface area contributed by atoms with Crippen molar-refractivity contribution in [3.63, 3.8) is 0 Å². The molecule has 1 atom stereocenters. The molecule has 0 fully saturated rings. The van der Waals surface area contributed by atoms with Gasteiger partial charge in [0, 0.05) is 0 Å². The fourth-order valence-corrected chi connectivity index (χ4v) is 2.19. The lowest BCUT2D eigenvalue weighted by Gasteiger charge is -2.12. The largest absolute Gasteiger partial charge is 0.384 e. The highest BCUT2D eigenvalue weighted by molar-refractivity contribution is 7.07. The van der Waals surface area contributed by atoms with Crippen molar-refractivity contribution in [3.05, 3.63) is 57.5 Å². The Balaban J connectivity index is 2.41. The van der Waals surface area contributed by atoms with Crippen molar-refractivity contribution in [2.24, 2.45) is 0 Å². The monoisotopic (exact) mass is 222 g/mol. The summed E-state index contributed by atoms with van der Waals surface area (Å²) in [6.07, 6.45) is -0.730. The molecule has 1 nitrogen and oxygen atoms in total. The average molecular weight is 222 g/mol. The number of thiophene rings is 1. The van der Waals surface area contributed by atoms with Crippen LogP contribution in [0.4, 0.5) is 4.39 Å². The van der Waals surface area contributed by atoms with Crippen LogP contribution >= 0.6 is 11.3 Å². The lowest BCUT2D eigenvalue weighted by atomic mass is 9.99. The summed E-state index contributed by atoms with van der Waals surface area (Å²) >= 11 is 1.52. The summed E-state index contributed by atoms with van der Waals surface area (Å²) in [7, 11) is 0. The molecule has 78 valence electrons. The van der Waals surface area contributed by atoms with Crippen molar-refractivity contribution >= 4 is 11.3 Å². The minimum atomic E-state index is -0.730. The Kier molecular flexibility index (Phi) is 2.84. The zero-order valence-electron chi connectivity index (χ0n) is 8.27. The number of aliphatic hydroxyl groups is 1. The van der Waals surface area contributed by atoms with Gasteiger partial charge >= 0.3 is 0 Å². The fraction of sp³-hybridized carbons (Fsp3) is 0.167. The number of aryl methyl sites for hydroxylation is 1. The molecule has 1 aromatic heterocycles. The molecule has 0 bridgehead atoms. The predicted molar refractivity (Wildman–Crippen MR) is 59.5 cm³/mol. The van der Waals surface area contributed by atoms with Crippen LogP contribution in [-0.4, -0.2) is 5.11 Å². The van der Waals surface area contributed by atoms with E-state index in [0.29, 0.717) is 5.56 Å². The van der Waals surface area contributed by atoms with Crippen molar-refractivity contribution in [1.82, 2.24) is 0 Å². The highest BCUT2D eigenvalue weighted by atomic mass is 32.1. The van der Waals surface area contributed by atoms with Gasteiger partial charge in [0.1, 0.15) is 11.9 Å². The van der Waals surface area contributed by atoms with E-state index < -0.39 is 6.10 Å². The summed E-state index contributed by atoms with van der Waals surface area (Å²) in [6, 6.07) is 6.32. The van der Waals surface area contributed by atoms with Gasteiger partial charge < -0.3 is 5.11 Å². The quantitative estimate of drug-likeness (QED) is 0.826. The molecule has 0 amide bonds. The van der Waals surface area contributed by atoms with E-state index in [4.69, 9.17) is 0 Å². The molecule has 1 heterocycles. The molecule has 3 heteroatoms. The molecule has 15 heavy (non-hydrogen) atoms. The van der Waals surface area contributed by atoms with Crippen LogP contribution in [0.2, 0.25) is 0 Å². The normalized spacial score (nSPS) is 12.7. The highest BCUT2D eigenvalue weighted by Gasteiger charge is 2.13. The van der Waals surface area contributed by atoms with Crippen molar-refractivity contribution in [2.75, 3.05) is 0 Å². The summed E-state index contributed by atoms with van der Waals surface area (Å²) in [5.74, 6) is -0.315. The number of benzene rings is 1. The Hall–Kier alpha value is -1.19. The van der Waals surface area contributed by atoms with Crippen LogP contribution in [0.3, 0.4) is 0 Å². The second-order valence-corrected chi connectivity index (χ2v) is 4.24. The second-order valence-electron chi connectivity index (χ2n) is 3.46. The fourth-order valence-electron chi connectivity index (χ4n) is 1.52. The topological polar surface area (TPSA) is 20.2 Å². The van der Waals surface area contributed by atoms with Gasteiger partial charge in [-0.15, -0.1) is 0 Å². The Bertz CT molecular complexity index is 451. The molecule has 0 aliphatic heterocycles. The van der Waals surface area contributed by atoms with Gasteiger partial charge in [-0.1, -0.05) is 6.07 Å². The van der Waals surface area contributed by atoms with E-state index in [9.17, 15) is 9.50 Å². The molecule has 0 saturated carbocycles. The smallest absolute Gasteiger partial charge is 0.123 e. The summed E-state index contributed by atoms with van der Waals surface area (Å²) in [6.45, 7) is 1.87. The third kappa shape index (κ3) is 2.08. The first-order chi connectivity index (χ1) is 7.18. The zero-order chi connectivity index (χ0) is 10.8. The SMILES string of the molecule is Cc1ccc(F)cc1[C@H](O)c1ccsc1. The van der Waals surface area contributed by atoms with Crippen LogP contribution in [0.15, 0.2) is 35.0 Å². The summed E-state index contributed by atoms with van der Waals surface area (Å²) in [5.41, 5.74) is 2.34. The highest BCUT2D eigenvalue weighted by Crippen LogP contribution is 2.26. The molecule has 0 aliphatic rings. The molecule has 1 aromatic carbocycles. The van der Waals surface area contributed by atoms with Crippen LogP contribution in [0.1, 0.15) is 22.8 Å². The molecule has 0 aliphatic carbocycles. The predicted octanol–water partition coefficient (Wildman–Crippen LogP) is 3.28. The standard InChI is InChI=1S/C12H11FOS/c1-8-2-3-10(13)6-11(8)12(14)9-4-5-15-7-9/h2-7,12,14H,1H3/t12-/m1/s1. The Morgan fingerprint density at radius 3 is 2.80 bits per heavy atom. The van der Waals surface area contributed by atoms with Gasteiger partial charge in [0.2, 0.25) is 0 Å². The molecule has 0 radical (unpaired) electrons. The van der Waals surface area contributed by atoms with E-state index in [-0.39, 0.29) is 5.82 Å². The van der Waals surface area contributed by atoms with Crippen LogP contribution in [0.5, 0.6) is 0 Å². The molecule has 2 rings (SSSR count). The Morgan fingerprint density at radius 2 is 2.13 bits per heavy atom. The van der Waals surface area contributed by atoms with E-state index in [0.717, 1.165) is 11.1 Å². The third-order valence-corrected chi connectivity index (χ3v) is 3.10. The molecule has 0 unspecified atom stereocenters. The first kappa shape index (κ1) is 10.3. The third-order valence-electron chi connectivity index (χ3n) is 2.39. The number of hydrogen-bond donors (Lipinski definition) is 1. The van der Waals surface area contributed by atoms with E-state index in [1.807, 2.05) is 23.8 Å². The minimum Gasteiger partial charge on any atom is -0.384 e. The Morgan fingerprint density at radius 1 is 1.33 bits per heavy atom.